The molecule has 2 heterocycles. The molecular weight excluding hydrogens is 292 g/mol. The highest BCUT2D eigenvalue weighted by Crippen LogP contribution is 2.23. The second-order valence-electron chi connectivity index (χ2n) is 5.48. The van der Waals surface area contributed by atoms with Gasteiger partial charge in [-0.2, -0.15) is 5.26 Å². The second kappa shape index (κ2) is 5.97. The third-order valence-corrected chi connectivity index (χ3v) is 3.76. The maximum absolute atomic E-state index is 12.3. The van der Waals surface area contributed by atoms with Crippen molar-refractivity contribution < 1.29 is 9.32 Å². The monoisotopic (exact) mass is 308 g/mol. The van der Waals surface area contributed by atoms with Crippen LogP contribution in [0.4, 0.5) is 5.82 Å². The standard InChI is InChI=1S/C17H16N4O2/c1-11-7-16(20-23-11)19-17(22)12(9-18)8-13-10-21(2)15-6-4-3-5-14(13)15/h3-7,10,12H,8H2,1-2H3,(H,19,20,22)/t12-/m0/s1. The first-order valence-electron chi connectivity index (χ1n) is 7.25. The lowest BCUT2D eigenvalue weighted by Gasteiger charge is -2.07. The summed E-state index contributed by atoms with van der Waals surface area (Å²) >= 11 is 0. The number of carbonyl (C=O) groups excluding carboxylic acids is 1. The number of benzene rings is 1. The number of nitrogens with one attached hydrogen (secondary N) is 1. The summed E-state index contributed by atoms with van der Waals surface area (Å²) < 4.78 is 6.91. The molecule has 3 aromatic rings. The molecule has 116 valence electrons. The maximum Gasteiger partial charge on any atom is 0.243 e. The van der Waals surface area contributed by atoms with Gasteiger partial charge in [-0.3, -0.25) is 4.79 Å². The van der Waals surface area contributed by atoms with E-state index in [1.807, 2.05) is 42.1 Å². The molecule has 1 aromatic carbocycles. The van der Waals surface area contributed by atoms with E-state index in [4.69, 9.17) is 4.52 Å². The molecule has 1 N–H and O–H groups in total. The highest BCUT2D eigenvalue weighted by Gasteiger charge is 2.21. The number of aryl methyl sites for hydroxylation is 2. The molecule has 1 amide bonds. The summed E-state index contributed by atoms with van der Waals surface area (Å²) in [7, 11) is 1.95. The van der Waals surface area contributed by atoms with Crippen LogP contribution in [-0.4, -0.2) is 15.6 Å². The molecule has 0 aliphatic heterocycles. The summed E-state index contributed by atoms with van der Waals surface area (Å²) in [5.74, 6) is -0.250. The van der Waals surface area contributed by atoms with Crippen molar-refractivity contribution in [3.05, 3.63) is 47.9 Å². The molecule has 23 heavy (non-hydrogen) atoms. The molecule has 6 heteroatoms. The minimum Gasteiger partial charge on any atom is -0.360 e. The van der Waals surface area contributed by atoms with Crippen molar-refractivity contribution in [3.63, 3.8) is 0 Å². The van der Waals surface area contributed by atoms with Gasteiger partial charge in [0, 0.05) is 30.2 Å². The fraction of sp³-hybridized carbons (Fsp3) is 0.235. The van der Waals surface area contributed by atoms with E-state index in [0.717, 1.165) is 16.5 Å². The van der Waals surface area contributed by atoms with Gasteiger partial charge in [0.1, 0.15) is 11.7 Å². The number of carbonyl (C=O) groups is 1. The predicted octanol–water partition coefficient (Wildman–Crippen LogP) is 2.80. The van der Waals surface area contributed by atoms with Crippen LogP contribution in [-0.2, 0) is 18.3 Å². The topological polar surface area (TPSA) is 83.9 Å². The number of nitrogens with zero attached hydrogens (tertiary/aromatic N) is 3. The SMILES string of the molecule is Cc1cc(NC(=O)[C@H](C#N)Cc2cn(C)c3ccccc23)no1. The number of anilines is 1. The van der Waals surface area contributed by atoms with Crippen molar-refractivity contribution in [1.29, 1.82) is 5.26 Å². The molecule has 0 unspecified atom stereocenters. The molecule has 0 aliphatic rings. The molecule has 2 aromatic heterocycles. The molecule has 0 aliphatic carbocycles. The first kappa shape index (κ1) is 14.9. The third kappa shape index (κ3) is 2.94. The summed E-state index contributed by atoms with van der Waals surface area (Å²) in [6.45, 7) is 1.74. The highest BCUT2D eigenvalue weighted by molar-refractivity contribution is 5.94. The maximum atomic E-state index is 12.3. The lowest BCUT2D eigenvalue weighted by Crippen LogP contribution is -2.23. The van der Waals surface area contributed by atoms with Crippen molar-refractivity contribution in [3.8, 4) is 6.07 Å². The third-order valence-electron chi connectivity index (χ3n) is 3.76. The summed E-state index contributed by atoms with van der Waals surface area (Å²) in [5.41, 5.74) is 2.05. The quantitative estimate of drug-likeness (QED) is 0.803. The number of hydrogen-bond donors (Lipinski definition) is 1. The van der Waals surface area contributed by atoms with Gasteiger partial charge in [0.25, 0.3) is 0 Å². The molecule has 0 radical (unpaired) electrons. The number of fused-ring (bicyclic) bond motifs is 1. The number of aromatic nitrogens is 2. The van der Waals surface area contributed by atoms with Crippen molar-refractivity contribution in [2.45, 2.75) is 13.3 Å². The van der Waals surface area contributed by atoms with E-state index >= 15 is 0 Å². The molecule has 0 saturated carbocycles. The molecule has 0 fully saturated rings. The second-order valence-corrected chi connectivity index (χ2v) is 5.48. The molecule has 0 saturated heterocycles. The Bertz CT molecular complexity index is 901. The van der Waals surface area contributed by atoms with E-state index in [1.54, 1.807) is 13.0 Å². The fourth-order valence-electron chi connectivity index (χ4n) is 2.64. The highest BCUT2D eigenvalue weighted by atomic mass is 16.5. The average Bonchev–Trinajstić information content (AvgIpc) is 3.09. The molecule has 1 atom stereocenters. The van der Waals surface area contributed by atoms with E-state index in [0.29, 0.717) is 18.0 Å². The Morgan fingerprint density at radius 1 is 1.48 bits per heavy atom. The Balaban J connectivity index is 1.81. The van der Waals surface area contributed by atoms with Crippen molar-refractivity contribution >= 4 is 22.6 Å². The van der Waals surface area contributed by atoms with Crippen LogP contribution in [0.2, 0.25) is 0 Å². The van der Waals surface area contributed by atoms with Crippen LogP contribution in [0.3, 0.4) is 0 Å². The number of amides is 1. The Labute approximate surface area is 133 Å². The van der Waals surface area contributed by atoms with Gasteiger partial charge < -0.3 is 14.4 Å². The predicted molar refractivity (Wildman–Crippen MR) is 85.6 cm³/mol. The van der Waals surface area contributed by atoms with E-state index in [9.17, 15) is 10.1 Å². The molecule has 0 spiro atoms. The first-order chi connectivity index (χ1) is 11.1. The zero-order valence-electron chi connectivity index (χ0n) is 12.9. The Morgan fingerprint density at radius 3 is 2.96 bits per heavy atom. The van der Waals surface area contributed by atoms with Crippen LogP contribution in [0.15, 0.2) is 41.1 Å². The fourth-order valence-corrected chi connectivity index (χ4v) is 2.64. The van der Waals surface area contributed by atoms with Gasteiger partial charge in [-0.25, -0.2) is 0 Å². The van der Waals surface area contributed by atoms with Crippen molar-refractivity contribution in [2.24, 2.45) is 13.0 Å². The first-order valence-corrected chi connectivity index (χ1v) is 7.25. The van der Waals surface area contributed by atoms with Crippen molar-refractivity contribution in [1.82, 2.24) is 9.72 Å². The van der Waals surface area contributed by atoms with Crippen LogP contribution in [0.1, 0.15) is 11.3 Å². The van der Waals surface area contributed by atoms with Crippen LogP contribution in [0.5, 0.6) is 0 Å². The zero-order valence-corrected chi connectivity index (χ0v) is 12.9. The van der Waals surface area contributed by atoms with Gasteiger partial charge in [0.05, 0.1) is 6.07 Å². The van der Waals surface area contributed by atoms with Crippen LogP contribution < -0.4 is 5.32 Å². The number of nitriles is 1. The van der Waals surface area contributed by atoms with Crippen LogP contribution >= 0.6 is 0 Å². The summed E-state index contributed by atoms with van der Waals surface area (Å²) in [6.07, 6.45) is 2.31. The molecule has 6 nitrogen and oxygen atoms in total. The van der Waals surface area contributed by atoms with Gasteiger partial charge in [-0.1, -0.05) is 23.4 Å². The Morgan fingerprint density at radius 2 is 2.26 bits per heavy atom. The lowest BCUT2D eigenvalue weighted by molar-refractivity contribution is -0.118. The normalized spacial score (nSPS) is 12.0. The lowest BCUT2D eigenvalue weighted by atomic mass is 9.99. The number of para-hydroxylation sites is 1. The number of hydrogen-bond acceptors (Lipinski definition) is 4. The summed E-state index contributed by atoms with van der Waals surface area (Å²) in [5, 5.41) is 16.7. The van der Waals surface area contributed by atoms with Crippen LogP contribution in [0, 0.1) is 24.2 Å². The van der Waals surface area contributed by atoms with Gasteiger partial charge >= 0.3 is 0 Å². The van der Waals surface area contributed by atoms with Crippen LogP contribution in [0.25, 0.3) is 10.9 Å². The smallest absolute Gasteiger partial charge is 0.243 e. The number of rotatable bonds is 4. The van der Waals surface area contributed by atoms with E-state index in [2.05, 4.69) is 16.5 Å². The largest absolute Gasteiger partial charge is 0.360 e. The Kier molecular flexibility index (Phi) is 3.85. The van der Waals surface area contributed by atoms with Gasteiger partial charge in [-0.15, -0.1) is 0 Å². The average molecular weight is 308 g/mol. The zero-order chi connectivity index (χ0) is 16.4. The molecular formula is C17H16N4O2. The Hall–Kier alpha value is -3.07. The summed E-state index contributed by atoms with van der Waals surface area (Å²) in [6, 6.07) is 11.6. The molecule has 3 rings (SSSR count). The minimum atomic E-state index is -0.794. The minimum absolute atomic E-state index is 0.325. The van der Waals surface area contributed by atoms with E-state index in [1.165, 1.54) is 0 Å². The molecule has 0 bridgehead atoms. The van der Waals surface area contributed by atoms with Gasteiger partial charge in [-0.05, 0) is 25.0 Å². The van der Waals surface area contributed by atoms with Gasteiger partial charge in [0.15, 0.2) is 5.82 Å². The van der Waals surface area contributed by atoms with Gasteiger partial charge in [0.2, 0.25) is 5.91 Å². The van der Waals surface area contributed by atoms with E-state index in [-0.39, 0.29) is 5.91 Å². The summed E-state index contributed by atoms with van der Waals surface area (Å²) in [4.78, 5) is 12.3. The van der Waals surface area contributed by atoms with Crippen molar-refractivity contribution in [2.75, 3.05) is 5.32 Å². The van der Waals surface area contributed by atoms with E-state index < -0.39 is 5.92 Å².